The van der Waals surface area contributed by atoms with Gasteiger partial charge in [-0.1, -0.05) is 19.4 Å². The molecule has 0 unspecified atom stereocenters. The molecule has 0 aromatic rings. The minimum absolute atomic E-state index is 0.404. The summed E-state index contributed by atoms with van der Waals surface area (Å²) >= 11 is 0. The molecule has 0 aliphatic carbocycles. The second-order valence-corrected chi connectivity index (χ2v) is 2.10. The minimum Gasteiger partial charge on any atom is -0.401 e. The number of carbonyl (C=O) groups excluding carboxylic acids is 1. The molecule has 0 aromatic carbocycles. The van der Waals surface area contributed by atoms with E-state index in [1.54, 1.807) is 13.0 Å². The van der Waals surface area contributed by atoms with Crippen molar-refractivity contribution in [3.8, 4) is 0 Å². The summed E-state index contributed by atoms with van der Waals surface area (Å²) in [5, 5.41) is 0. The molecule has 70 valence electrons. The van der Waals surface area contributed by atoms with Gasteiger partial charge in [-0.25, -0.2) is 4.79 Å². The molecule has 0 heterocycles. The van der Waals surface area contributed by atoms with E-state index in [0.717, 1.165) is 12.8 Å². The summed E-state index contributed by atoms with van der Waals surface area (Å²) in [6.07, 6.45) is 3.81. The first-order valence-corrected chi connectivity index (χ1v) is 3.92. The number of allylic oxidation sites excluding steroid dienone is 1. The van der Waals surface area contributed by atoms with Crippen molar-refractivity contribution in [2.75, 3.05) is 6.61 Å². The number of rotatable bonds is 5. The maximum Gasteiger partial charge on any atom is 0.545 e. The molecule has 4 heteroatoms. The van der Waals surface area contributed by atoms with Crippen molar-refractivity contribution in [2.24, 2.45) is 0 Å². The summed E-state index contributed by atoms with van der Waals surface area (Å²) in [4.78, 5) is 19.3. The van der Waals surface area contributed by atoms with Crippen LogP contribution in [0.25, 0.3) is 0 Å². The third-order valence-electron chi connectivity index (χ3n) is 1.01. The Kier molecular flexibility index (Phi) is 7.38. The van der Waals surface area contributed by atoms with Crippen LogP contribution in [0.4, 0.5) is 4.79 Å². The molecule has 0 spiro atoms. The molecule has 0 saturated heterocycles. The Morgan fingerprint density at radius 2 is 2.25 bits per heavy atom. The molecule has 12 heavy (non-hydrogen) atoms. The fourth-order valence-electron chi connectivity index (χ4n) is 0.436. The van der Waals surface area contributed by atoms with Gasteiger partial charge in [0.05, 0.1) is 12.9 Å². The van der Waals surface area contributed by atoms with Crippen LogP contribution in [0, 0.1) is 0 Å². The molecule has 0 saturated carbocycles. The molecular weight excluding hydrogens is 160 g/mol. The number of unbranched alkanes of at least 4 members (excludes halogenated alkanes) is 1. The Bertz CT molecular complexity index is 142. The van der Waals surface area contributed by atoms with Gasteiger partial charge >= 0.3 is 6.16 Å². The third kappa shape index (κ3) is 7.08. The molecule has 0 bridgehead atoms. The molecule has 0 rings (SSSR count). The van der Waals surface area contributed by atoms with Gasteiger partial charge in [-0.3, -0.25) is 4.89 Å². The van der Waals surface area contributed by atoms with E-state index in [2.05, 4.69) is 14.5 Å². The Morgan fingerprint density at radius 1 is 1.50 bits per heavy atom. The van der Waals surface area contributed by atoms with Gasteiger partial charge in [-0.05, 0) is 13.3 Å². The molecule has 0 amide bonds. The lowest BCUT2D eigenvalue weighted by molar-refractivity contribution is -0.251. The number of hydrogen-bond acceptors (Lipinski definition) is 4. The van der Waals surface area contributed by atoms with Gasteiger partial charge in [-0.15, -0.1) is 0 Å². The van der Waals surface area contributed by atoms with E-state index in [9.17, 15) is 4.79 Å². The summed E-state index contributed by atoms with van der Waals surface area (Å²) < 4.78 is 4.40. The number of ether oxygens (including phenoxy) is 1. The molecule has 0 N–H and O–H groups in total. The van der Waals surface area contributed by atoms with Gasteiger partial charge in [0.15, 0.2) is 0 Å². The summed E-state index contributed by atoms with van der Waals surface area (Å²) in [7, 11) is 0. The van der Waals surface area contributed by atoms with Crippen molar-refractivity contribution in [2.45, 2.75) is 26.7 Å². The van der Waals surface area contributed by atoms with Crippen LogP contribution in [0.3, 0.4) is 0 Å². The molecule has 4 nitrogen and oxygen atoms in total. The maximum atomic E-state index is 10.5. The number of hydrogen-bond donors (Lipinski definition) is 0. The predicted molar refractivity (Wildman–Crippen MR) is 43.2 cm³/mol. The van der Waals surface area contributed by atoms with Crippen molar-refractivity contribution in [1.29, 1.82) is 0 Å². The summed E-state index contributed by atoms with van der Waals surface area (Å²) in [5.74, 6) is 0. The van der Waals surface area contributed by atoms with Crippen molar-refractivity contribution in [3.63, 3.8) is 0 Å². The van der Waals surface area contributed by atoms with Gasteiger partial charge in [0.25, 0.3) is 0 Å². The largest absolute Gasteiger partial charge is 0.545 e. The molecule has 0 atom stereocenters. The first-order chi connectivity index (χ1) is 5.81. The second-order valence-electron chi connectivity index (χ2n) is 2.10. The fraction of sp³-hybridized carbons (Fsp3) is 0.625. The van der Waals surface area contributed by atoms with Crippen LogP contribution in [-0.2, 0) is 14.5 Å². The van der Waals surface area contributed by atoms with Crippen LogP contribution in [0.5, 0.6) is 0 Å². The SMILES string of the molecule is CC=COC(=O)OOCCCC. The highest BCUT2D eigenvalue weighted by molar-refractivity contribution is 5.59. The molecular formula is C8H14O4. The van der Waals surface area contributed by atoms with Crippen LogP contribution in [0.1, 0.15) is 26.7 Å². The zero-order valence-electron chi connectivity index (χ0n) is 7.41. The van der Waals surface area contributed by atoms with Gasteiger partial charge in [0.2, 0.25) is 0 Å². The highest BCUT2D eigenvalue weighted by atomic mass is 17.2. The smallest absolute Gasteiger partial charge is 0.401 e. The molecule has 0 aliphatic heterocycles. The summed E-state index contributed by atoms with van der Waals surface area (Å²) in [6.45, 7) is 4.15. The van der Waals surface area contributed by atoms with Crippen LogP contribution in [0.2, 0.25) is 0 Å². The standard InChI is InChI=1S/C8H14O4/c1-3-5-7-11-12-8(9)10-6-4-2/h4,6H,3,5,7H2,1-2H3. The minimum atomic E-state index is -0.843. The van der Waals surface area contributed by atoms with Gasteiger partial charge in [-0.2, -0.15) is 4.89 Å². The molecule has 0 fully saturated rings. The zero-order valence-corrected chi connectivity index (χ0v) is 7.41. The van der Waals surface area contributed by atoms with Crippen molar-refractivity contribution in [1.82, 2.24) is 0 Å². The topological polar surface area (TPSA) is 44.8 Å². The normalized spacial score (nSPS) is 10.2. The van der Waals surface area contributed by atoms with Gasteiger partial charge in [0.1, 0.15) is 0 Å². The molecule has 0 aliphatic rings. The lowest BCUT2D eigenvalue weighted by Gasteiger charge is -1.99. The second kappa shape index (κ2) is 8.07. The quantitative estimate of drug-likeness (QED) is 0.211. The number of carbonyl (C=O) groups is 1. The van der Waals surface area contributed by atoms with Gasteiger partial charge < -0.3 is 4.74 Å². The molecule has 0 radical (unpaired) electrons. The van der Waals surface area contributed by atoms with E-state index in [1.807, 2.05) is 6.92 Å². The first kappa shape index (κ1) is 11.0. The van der Waals surface area contributed by atoms with Crippen LogP contribution >= 0.6 is 0 Å². The Morgan fingerprint density at radius 3 is 2.83 bits per heavy atom. The van der Waals surface area contributed by atoms with Crippen LogP contribution < -0.4 is 0 Å². The van der Waals surface area contributed by atoms with Crippen LogP contribution in [0.15, 0.2) is 12.3 Å². The Balaban J connectivity index is 3.20. The van der Waals surface area contributed by atoms with E-state index in [-0.39, 0.29) is 0 Å². The zero-order chi connectivity index (χ0) is 9.23. The summed E-state index contributed by atoms with van der Waals surface area (Å²) in [5.41, 5.74) is 0. The monoisotopic (exact) mass is 174 g/mol. The highest BCUT2D eigenvalue weighted by Crippen LogP contribution is 1.91. The van der Waals surface area contributed by atoms with E-state index in [4.69, 9.17) is 0 Å². The fourth-order valence-corrected chi connectivity index (χ4v) is 0.436. The van der Waals surface area contributed by atoms with Gasteiger partial charge in [0, 0.05) is 0 Å². The lowest BCUT2D eigenvalue weighted by atomic mass is 10.4. The predicted octanol–water partition coefficient (Wildman–Crippen LogP) is 2.40. The maximum absolute atomic E-state index is 10.5. The van der Waals surface area contributed by atoms with Crippen LogP contribution in [-0.4, -0.2) is 12.8 Å². The third-order valence-corrected chi connectivity index (χ3v) is 1.01. The van der Waals surface area contributed by atoms with Crippen molar-refractivity contribution in [3.05, 3.63) is 12.3 Å². The van der Waals surface area contributed by atoms with Crippen molar-refractivity contribution >= 4 is 6.16 Å². The Hall–Kier alpha value is -1.03. The summed E-state index contributed by atoms with van der Waals surface area (Å²) in [6, 6.07) is 0. The van der Waals surface area contributed by atoms with E-state index in [0.29, 0.717) is 6.61 Å². The van der Waals surface area contributed by atoms with E-state index < -0.39 is 6.16 Å². The van der Waals surface area contributed by atoms with E-state index >= 15 is 0 Å². The average molecular weight is 174 g/mol. The first-order valence-electron chi connectivity index (χ1n) is 3.92. The van der Waals surface area contributed by atoms with E-state index in [1.165, 1.54) is 6.26 Å². The average Bonchev–Trinajstić information content (AvgIpc) is 2.09. The molecule has 0 aromatic heterocycles. The van der Waals surface area contributed by atoms with Crippen molar-refractivity contribution < 1.29 is 19.3 Å². The highest BCUT2D eigenvalue weighted by Gasteiger charge is 2.00. The Labute approximate surface area is 72.0 Å². The lowest BCUT2D eigenvalue weighted by Crippen LogP contribution is -2.05.